The number of Topliss-reactive ketones (excluding diaryl/α,β-unsaturated/α-hetero) is 4. The van der Waals surface area contributed by atoms with E-state index in [4.69, 9.17) is 11.0 Å². The van der Waals surface area contributed by atoms with E-state index in [0.29, 0.717) is 30.6 Å². The maximum absolute atomic E-state index is 13.9. The minimum Gasteiger partial charge on any atom is -0.507 e. The molecule has 0 heterocycles. The quantitative estimate of drug-likeness (QED) is 0.269. The molecule has 0 radical (unpaired) electrons. The second-order valence-corrected chi connectivity index (χ2v) is 11.6. The van der Waals surface area contributed by atoms with Crippen LogP contribution in [0.5, 0.6) is 5.75 Å². The summed E-state index contributed by atoms with van der Waals surface area (Å²) in [5.41, 5.74) is 5.59. The Balaban J connectivity index is 1.54. The van der Waals surface area contributed by atoms with Crippen molar-refractivity contribution in [3.8, 4) is 22.9 Å². The summed E-state index contributed by atoms with van der Waals surface area (Å²) in [6.45, 7) is 1.14. The molecule has 0 aliphatic heterocycles. The van der Waals surface area contributed by atoms with Crippen molar-refractivity contribution in [1.29, 1.82) is 5.26 Å². The van der Waals surface area contributed by atoms with Crippen molar-refractivity contribution in [2.45, 2.75) is 37.5 Å². The van der Waals surface area contributed by atoms with Crippen LogP contribution >= 0.6 is 0 Å². The van der Waals surface area contributed by atoms with Gasteiger partial charge in [-0.1, -0.05) is 30.3 Å². The average Bonchev–Trinajstić information content (AvgIpc) is 2.93. The van der Waals surface area contributed by atoms with Gasteiger partial charge in [0.25, 0.3) is 0 Å². The number of hydrogen-bond donors (Lipinski definition) is 4. The van der Waals surface area contributed by atoms with Gasteiger partial charge >= 0.3 is 0 Å². The van der Waals surface area contributed by atoms with Crippen LogP contribution in [0.1, 0.15) is 34.3 Å². The summed E-state index contributed by atoms with van der Waals surface area (Å²) >= 11 is 0. The lowest BCUT2D eigenvalue weighted by atomic mass is 9.52. The number of hydrogen-bond acceptors (Lipinski definition) is 10. The van der Waals surface area contributed by atoms with Gasteiger partial charge in [0.2, 0.25) is 5.91 Å². The molecule has 218 valence electrons. The number of ketones is 4. The summed E-state index contributed by atoms with van der Waals surface area (Å²) in [5.74, 6) is -10.7. The highest BCUT2D eigenvalue weighted by Gasteiger charge is 2.69. The summed E-state index contributed by atoms with van der Waals surface area (Å²) < 4.78 is 0. The van der Waals surface area contributed by atoms with Gasteiger partial charge in [0.05, 0.1) is 23.6 Å². The molecule has 2 unspecified atom stereocenters. The van der Waals surface area contributed by atoms with Gasteiger partial charge in [0, 0.05) is 25.4 Å². The van der Waals surface area contributed by atoms with Crippen molar-refractivity contribution in [2.24, 2.45) is 29.4 Å². The molecule has 0 bridgehead atoms. The van der Waals surface area contributed by atoms with Crippen molar-refractivity contribution in [3.63, 3.8) is 0 Å². The van der Waals surface area contributed by atoms with E-state index in [1.807, 2.05) is 24.3 Å². The Morgan fingerprint density at radius 1 is 1.12 bits per heavy atom. The molecule has 3 aliphatic carbocycles. The smallest absolute Gasteiger partial charge is 0.235 e. The summed E-state index contributed by atoms with van der Waals surface area (Å²) in [7, 11) is 3.10. The highest BCUT2D eigenvalue weighted by Crippen LogP contribution is 2.51. The first-order valence-electron chi connectivity index (χ1n) is 13.8. The van der Waals surface area contributed by atoms with Crippen LogP contribution in [-0.4, -0.2) is 76.4 Å². The minimum atomic E-state index is -2.75. The maximum Gasteiger partial charge on any atom is 0.235 e. The molecule has 2 saturated carbocycles. The predicted octanol–water partition coefficient (Wildman–Crippen LogP) is 0.537. The monoisotopic (exact) mass is 572 g/mol. The number of phenols is 1. The molecule has 1 amide bonds. The molecule has 11 nitrogen and oxygen atoms in total. The summed E-state index contributed by atoms with van der Waals surface area (Å²) in [4.78, 5) is 68.1. The molecule has 5 rings (SSSR count). The number of benzene rings is 2. The van der Waals surface area contributed by atoms with E-state index < -0.39 is 64.4 Å². The number of nitriles is 1. The number of aliphatic hydroxyl groups is 1. The largest absolute Gasteiger partial charge is 0.507 e. The molecule has 0 aromatic heterocycles. The summed E-state index contributed by atoms with van der Waals surface area (Å²) in [5, 5.41) is 34.3. The van der Waals surface area contributed by atoms with Crippen LogP contribution in [0, 0.1) is 35.0 Å². The van der Waals surface area contributed by atoms with Crippen molar-refractivity contribution in [1.82, 2.24) is 10.2 Å². The lowest BCUT2D eigenvalue weighted by molar-refractivity contribution is -0.181. The maximum atomic E-state index is 13.9. The Labute approximate surface area is 242 Å². The van der Waals surface area contributed by atoms with Gasteiger partial charge in [0.15, 0.2) is 34.7 Å². The van der Waals surface area contributed by atoms with E-state index in [2.05, 4.69) is 11.4 Å². The zero-order valence-corrected chi connectivity index (χ0v) is 23.3. The Bertz CT molecular complexity index is 1540. The third-order valence-corrected chi connectivity index (χ3v) is 8.95. The van der Waals surface area contributed by atoms with Crippen LogP contribution in [0.2, 0.25) is 0 Å². The lowest BCUT2D eigenvalue weighted by Gasteiger charge is -2.52. The fourth-order valence-corrected chi connectivity index (χ4v) is 7.05. The molecule has 0 saturated heterocycles. The molecule has 11 heteroatoms. The van der Waals surface area contributed by atoms with Gasteiger partial charge in [-0.15, -0.1) is 0 Å². The lowest BCUT2D eigenvalue weighted by Crippen LogP contribution is -2.74. The number of phenolic OH excluding ortho intramolecular Hbond substituents is 1. The van der Waals surface area contributed by atoms with Crippen LogP contribution < -0.4 is 11.1 Å². The Hall–Kier alpha value is -4.24. The van der Waals surface area contributed by atoms with Gasteiger partial charge in [-0.3, -0.25) is 28.9 Å². The first kappa shape index (κ1) is 29.3. The molecule has 5 N–H and O–H groups in total. The summed E-state index contributed by atoms with van der Waals surface area (Å²) in [6, 6.07) is 11.6. The number of aromatic hydroxyl groups is 1. The molecule has 42 heavy (non-hydrogen) atoms. The first-order chi connectivity index (χ1) is 19.9. The number of carbonyl (C=O) groups is 5. The number of fused-ring (bicyclic) bond motifs is 3. The van der Waals surface area contributed by atoms with E-state index >= 15 is 0 Å². The average molecular weight is 573 g/mol. The third kappa shape index (κ3) is 4.43. The molecular formula is C31H32N4O7. The standard InChI is InChI=1S/C31H32N4O7/c1-35(2)25-20-13-17-12-19-18(16-6-4-15(5-7-16)14-34-11-3-10-32)8-9-21(36)23(19)26(37)22(17)28(39)31(20,42)29(40)24(27(25)38)30(33)41/h4-9,17,20,22,24-25,34,36,42H,3,11-14H2,1-2H3,(H2,33,41)/t17-,20-,22?,24?,25-,31-/m1/s1. The van der Waals surface area contributed by atoms with Crippen molar-refractivity contribution in [2.75, 3.05) is 20.6 Å². The van der Waals surface area contributed by atoms with E-state index in [1.165, 1.54) is 11.0 Å². The van der Waals surface area contributed by atoms with E-state index in [1.54, 1.807) is 20.2 Å². The van der Waals surface area contributed by atoms with Crippen molar-refractivity contribution >= 4 is 29.0 Å². The zero-order chi connectivity index (χ0) is 30.5. The number of primary amides is 1. The highest BCUT2D eigenvalue weighted by atomic mass is 16.3. The fourth-order valence-electron chi connectivity index (χ4n) is 7.05. The normalized spacial score (nSPS) is 28.6. The molecule has 2 fully saturated rings. The fraction of sp³-hybridized carbons (Fsp3) is 0.419. The second kappa shape index (κ2) is 10.9. The molecule has 2 aromatic carbocycles. The van der Waals surface area contributed by atoms with Crippen LogP contribution in [0.25, 0.3) is 11.1 Å². The zero-order valence-electron chi connectivity index (χ0n) is 23.3. The van der Waals surface area contributed by atoms with Gasteiger partial charge in [-0.25, -0.2) is 0 Å². The number of nitrogens with one attached hydrogen (secondary N) is 1. The van der Waals surface area contributed by atoms with Crippen LogP contribution in [0.15, 0.2) is 36.4 Å². The molecule has 6 atom stereocenters. The second-order valence-electron chi connectivity index (χ2n) is 11.6. The number of likely N-dealkylation sites (N-methyl/N-ethyl adjacent to an activating group) is 1. The number of carbonyl (C=O) groups excluding carboxylic acids is 5. The van der Waals surface area contributed by atoms with E-state index in [0.717, 1.165) is 11.1 Å². The first-order valence-corrected chi connectivity index (χ1v) is 13.8. The van der Waals surface area contributed by atoms with Crippen molar-refractivity contribution in [3.05, 3.63) is 53.1 Å². The molecule has 0 spiro atoms. The number of nitrogens with two attached hydrogens (primary N) is 1. The highest BCUT2D eigenvalue weighted by molar-refractivity contribution is 6.32. The van der Waals surface area contributed by atoms with Gasteiger partial charge in [-0.05, 0) is 61.2 Å². The Morgan fingerprint density at radius 2 is 1.81 bits per heavy atom. The molecule has 3 aliphatic rings. The Kier molecular flexibility index (Phi) is 7.57. The van der Waals surface area contributed by atoms with Gasteiger partial charge < -0.3 is 21.3 Å². The van der Waals surface area contributed by atoms with Crippen molar-refractivity contribution < 1.29 is 34.2 Å². The Morgan fingerprint density at radius 3 is 2.43 bits per heavy atom. The minimum absolute atomic E-state index is 0.00764. The van der Waals surface area contributed by atoms with Crippen LogP contribution in [0.4, 0.5) is 0 Å². The predicted molar refractivity (Wildman–Crippen MR) is 149 cm³/mol. The third-order valence-electron chi connectivity index (χ3n) is 8.95. The van der Waals surface area contributed by atoms with Gasteiger partial charge in [0.1, 0.15) is 5.75 Å². The summed E-state index contributed by atoms with van der Waals surface area (Å²) in [6.07, 6.45) is 0.581. The number of amides is 1. The number of nitrogens with zero attached hydrogens (tertiary/aromatic N) is 2. The van der Waals surface area contributed by atoms with Crippen LogP contribution in [0.3, 0.4) is 0 Å². The molecule has 2 aromatic rings. The van der Waals surface area contributed by atoms with Gasteiger partial charge in [-0.2, -0.15) is 5.26 Å². The molecular weight excluding hydrogens is 540 g/mol. The SMILES string of the molecule is CN(C)[C@H]1C(=O)C(C(N)=O)C(=O)[C@]2(O)C(=O)C3C(=O)c4c(O)ccc(-c5ccc(CNCCC#N)cc5)c4C[C@@H]3C[C@H]12. The van der Waals surface area contributed by atoms with E-state index in [-0.39, 0.29) is 24.2 Å². The number of rotatable bonds is 7. The van der Waals surface area contributed by atoms with Crippen LogP contribution in [-0.2, 0) is 32.1 Å². The topological polar surface area (TPSA) is 191 Å². The van der Waals surface area contributed by atoms with E-state index in [9.17, 15) is 34.2 Å².